The number of hydrogen-bond donors (Lipinski definition) is 0. The second-order valence-electron chi connectivity index (χ2n) is 6.60. The molecular weight excluding hydrogens is 376 g/mol. The van der Waals surface area contributed by atoms with Gasteiger partial charge in [-0.05, 0) is 41.5 Å². The van der Waals surface area contributed by atoms with Crippen LogP contribution in [0.3, 0.4) is 0 Å². The Morgan fingerprint density at radius 2 is 1.79 bits per heavy atom. The SMILES string of the molecule is O=c1c2ccncc2ncn1Cc1c(F)cc(-c2ccc3nccn3c2)cc1F. The number of halogens is 2. The predicted octanol–water partition coefficient (Wildman–Crippen LogP) is 3.43. The maximum atomic E-state index is 14.8. The third-order valence-electron chi connectivity index (χ3n) is 4.82. The molecule has 0 saturated carbocycles. The molecule has 0 aliphatic carbocycles. The number of fused-ring (bicyclic) bond motifs is 2. The smallest absolute Gasteiger partial charge is 0.261 e. The van der Waals surface area contributed by atoms with Gasteiger partial charge in [-0.3, -0.25) is 14.3 Å². The number of hydrogen-bond acceptors (Lipinski definition) is 4. The quantitative estimate of drug-likeness (QED) is 0.474. The van der Waals surface area contributed by atoms with Gasteiger partial charge in [-0.25, -0.2) is 18.7 Å². The Labute approximate surface area is 162 Å². The molecule has 5 rings (SSSR count). The van der Waals surface area contributed by atoms with Crippen LogP contribution in [0, 0.1) is 11.6 Å². The molecule has 0 atom stereocenters. The molecule has 4 aromatic heterocycles. The fourth-order valence-corrected chi connectivity index (χ4v) is 3.30. The first-order valence-corrected chi connectivity index (χ1v) is 8.80. The predicted molar refractivity (Wildman–Crippen MR) is 103 cm³/mol. The molecule has 0 aliphatic heterocycles. The summed E-state index contributed by atoms with van der Waals surface area (Å²) in [5, 5.41) is 0.341. The average Bonchev–Trinajstić information content (AvgIpc) is 3.20. The molecule has 0 aliphatic rings. The summed E-state index contributed by atoms with van der Waals surface area (Å²) >= 11 is 0. The minimum atomic E-state index is -0.729. The Morgan fingerprint density at radius 3 is 2.62 bits per heavy atom. The van der Waals surface area contributed by atoms with Crippen LogP contribution in [0.2, 0.25) is 0 Å². The van der Waals surface area contributed by atoms with Gasteiger partial charge < -0.3 is 4.40 Å². The van der Waals surface area contributed by atoms with Crippen molar-refractivity contribution in [2.24, 2.45) is 0 Å². The molecule has 5 aromatic rings. The van der Waals surface area contributed by atoms with Crippen molar-refractivity contribution in [2.75, 3.05) is 0 Å². The summed E-state index contributed by atoms with van der Waals surface area (Å²) in [6.45, 7) is -0.261. The first-order chi connectivity index (χ1) is 14.1. The number of imidazole rings is 1. The number of aromatic nitrogens is 5. The topological polar surface area (TPSA) is 65.1 Å². The lowest BCUT2D eigenvalue weighted by Crippen LogP contribution is -2.22. The maximum absolute atomic E-state index is 14.8. The highest BCUT2D eigenvalue weighted by molar-refractivity contribution is 5.75. The average molecular weight is 389 g/mol. The molecule has 0 N–H and O–H groups in total. The largest absolute Gasteiger partial charge is 0.306 e. The van der Waals surface area contributed by atoms with Crippen LogP contribution in [0.1, 0.15) is 5.56 Å². The maximum Gasteiger partial charge on any atom is 0.261 e. The lowest BCUT2D eigenvalue weighted by Gasteiger charge is -2.11. The minimum Gasteiger partial charge on any atom is -0.306 e. The molecular formula is C21H13F2N5O. The van der Waals surface area contributed by atoms with Crippen LogP contribution in [0.15, 0.2) is 72.4 Å². The third-order valence-corrected chi connectivity index (χ3v) is 4.82. The van der Waals surface area contributed by atoms with Crippen LogP contribution >= 0.6 is 0 Å². The summed E-state index contributed by atoms with van der Waals surface area (Å²) in [4.78, 5) is 24.8. The van der Waals surface area contributed by atoms with Gasteiger partial charge in [0.2, 0.25) is 0 Å². The number of rotatable bonds is 3. The molecule has 0 fully saturated rings. The highest BCUT2D eigenvalue weighted by atomic mass is 19.1. The molecule has 6 nitrogen and oxygen atoms in total. The molecule has 1 aromatic carbocycles. The van der Waals surface area contributed by atoms with Crippen molar-refractivity contribution in [1.29, 1.82) is 0 Å². The molecule has 0 bridgehead atoms. The summed E-state index contributed by atoms with van der Waals surface area (Å²) in [5.74, 6) is -1.46. The Balaban J connectivity index is 1.55. The minimum absolute atomic E-state index is 0.199. The summed E-state index contributed by atoms with van der Waals surface area (Å²) in [5.41, 5.74) is 1.64. The fourth-order valence-electron chi connectivity index (χ4n) is 3.30. The van der Waals surface area contributed by atoms with Gasteiger partial charge in [-0.1, -0.05) is 0 Å². The van der Waals surface area contributed by atoms with Crippen LogP contribution in [-0.2, 0) is 6.54 Å². The van der Waals surface area contributed by atoms with Crippen molar-refractivity contribution in [3.8, 4) is 11.1 Å². The van der Waals surface area contributed by atoms with E-state index in [0.29, 0.717) is 22.0 Å². The number of benzene rings is 1. The first kappa shape index (κ1) is 17.2. The second kappa shape index (κ2) is 6.59. The summed E-state index contributed by atoms with van der Waals surface area (Å²) in [7, 11) is 0. The van der Waals surface area contributed by atoms with Crippen molar-refractivity contribution in [3.63, 3.8) is 0 Å². The Morgan fingerprint density at radius 1 is 0.966 bits per heavy atom. The molecule has 0 saturated heterocycles. The highest BCUT2D eigenvalue weighted by Crippen LogP contribution is 2.25. The van der Waals surface area contributed by atoms with Gasteiger partial charge in [0.05, 0.1) is 30.0 Å². The van der Waals surface area contributed by atoms with Crippen LogP contribution in [-0.4, -0.2) is 23.9 Å². The monoisotopic (exact) mass is 389 g/mol. The van der Waals surface area contributed by atoms with Crippen molar-refractivity contribution >= 4 is 16.6 Å². The van der Waals surface area contributed by atoms with E-state index in [1.54, 1.807) is 35.1 Å². The number of pyridine rings is 2. The number of nitrogens with zero attached hydrogens (tertiary/aromatic N) is 5. The lowest BCUT2D eigenvalue weighted by atomic mass is 10.0. The van der Waals surface area contributed by atoms with E-state index in [1.807, 2.05) is 0 Å². The van der Waals surface area contributed by atoms with E-state index in [-0.39, 0.29) is 17.7 Å². The normalized spacial score (nSPS) is 11.4. The van der Waals surface area contributed by atoms with Crippen molar-refractivity contribution in [3.05, 3.63) is 95.2 Å². The third kappa shape index (κ3) is 2.94. The summed E-state index contributed by atoms with van der Waals surface area (Å²) in [6, 6.07) is 7.58. The molecule has 0 spiro atoms. The zero-order valence-corrected chi connectivity index (χ0v) is 15.0. The zero-order valence-electron chi connectivity index (χ0n) is 15.0. The fraction of sp³-hybridized carbons (Fsp3) is 0.0476. The van der Waals surface area contributed by atoms with Gasteiger partial charge in [0.1, 0.15) is 17.3 Å². The molecule has 4 heterocycles. The van der Waals surface area contributed by atoms with E-state index in [4.69, 9.17) is 0 Å². The van der Waals surface area contributed by atoms with Crippen LogP contribution < -0.4 is 5.56 Å². The molecule has 29 heavy (non-hydrogen) atoms. The van der Waals surface area contributed by atoms with Crippen molar-refractivity contribution in [2.45, 2.75) is 6.54 Å². The zero-order chi connectivity index (χ0) is 20.0. The van der Waals surface area contributed by atoms with Crippen molar-refractivity contribution in [1.82, 2.24) is 23.9 Å². The van der Waals surface area contributed by atoms with E-state index >= 15 is 0 Å². The van der Waals surface area contributed by atoms with E-state index in [0.717, 1.165) is 5.65 Å². The molecule has 142 valence electrons. The van der Waals surface area contributed by atoms with Gasteiger partial charge in [-0.15, -0.1) is 0 Å². The van der Waals surface area contributed by atoms with Crippen LogP contribution in [0.4, 0.5) is 8.78 Å². The second-order valence-corrected chi connectivity index (χ2v) is 6.60. The summed E-state index contributed by atoms with van der Waals surface area (Å²) < 4.78 is 32.5. The van der Waals surface area contributed by atoms with Gasteiger partial charge in [-0.2, -0.15) is 0 Å². The Kier molecular flexibility index (Phi) is 3.90. The van der Waals surface area contributed by atoms with E-state index in [9.17, 15) is 13.6 Å². The van der Waals surface area contributed by atoms with Crippen LogP contribution in [0.25, 0.3) is 27.7 Å². The van der Waals surface area contributed by atoms with E-state index in [1.165, 1.54) is 41.5 Å². The van der Waals surface area contributed by atoms with Crippen LogP contribution in [0.5, 0.6) is 0 Å². The Hall–Kier alpha value is -3.94. The molecule has 0 radical (unpaired) electrons. The molecule has 0 unspecified atom stereocenters. The molecule has 0 amide bonds. The van der Waals surface area contributed by atoms with Gasteiger partial charge in [0.15, 0.2) is 0 Å². The van der Waals surface area contributed by atoms with E-state index < -0.39 is 11.6 Å². The van der Waals surface area contributed by atoms with E-state index in [2.05, 4.69) is 15.0 Å². The van der Waals surface area contributed by atoms with Gasteiger partial charge >= 0.3 is 0 Å². The standard InChI is InChI=1S/C21H13F2N5O/c22-17-7-14(13-1-2-20-25-5-6-27(20)10-13)8-18(23)16(17)11-28-12-26-19-9-24-4-3-15(19)21(28)29/h1-10,12H,11H2. The summed E-state index contributed by atoms with van der Waals surface area (Å²) in [6.07, 6.45) is 9.37. The lowest BCUT2D eigenvalue weighted by molar-refractivity contribution is 0.541. The highest BCUT2D eigenvalue weighted by Gasteiger charge is 2.15. The first-order valence-electron chi connectivity index (χ1n) is 8.80. The van der Waals surface area contributed by atoms with Gasteiger partial charge in [0, 0.05) is 30.4 Å². The molecule has 8 heteroatoms. The Bertz CT molecular complexity index is 1420. The van der Waals surface area contributed by atoms with Crippen molar-refractivity contribution < 1.29 is 8.78 Å². The van der Waals surface area contributed by atoms with Gasteiger partial charge in [0.25, 0.3) is 5.56 Å².